The van der Waals surface area contributed by atoms with Crippen molar-refractivity contribution in [3.8, 4) is 5.75 Å². The van der Waals surface area contributed by atoms with Crippen molar-refractivity contribution in [3.05, 3.63) is 29.8 Å². The number of nitrogens with one attached hydrogen (secondary N) is 1. The van der Waals surface area contributed by atoms with Gasteiger partial charge in [-0.25, -0.2) is 0 Å². The summed E-state index contributed by atoms with van der Waals surface area (Å²) in [5.41, 5.74) is 0.807. The monoisotopic (exact) mass is 251 g/mol. The van der Waals surface area contributed by atoms with E-state index < -0.39 is 5.97 Å². The van der Waals surface area contributed by atoms with Crippen LogP contribution in [0.2, 0.25) is 0 Å². The van der Waals surface area contributed by atoms with Crippen molar-refractivity contribution in [2.24, 2.45) is 0 Å². The molecule has 5 heteroatoms. The fourth-order valence-electron chi connectivity index (χ4n) is 1.59. The molecule has 0 bridgehead atoms. The molecule has 0 radical (unpaired) electrons. The van der Waals surface area contributed by atoms with Crippen molar-refractivity contribution in [1.29, 1.82) is 0 Å². The largest absolute Gasteiger partial charge is 0.508 e. The summed E-state index contributed by atoms with van der Waals surface area (Å²) in [6.07, 6.45) is 0.511. The Balaban J connectivity index is 2.42. The number of carboxylic acids is 1. The molecule has 1 aromatic carbocycles. The number of carboxylic acid groups (broad SMARTS) is 1. The van der Waals surface area contributed by atoms with E-state index in [1.54, 1.807) is 18.2 Å². The van der Waals surface area contributed by atoms with Gasteiger partial charge in [0, 0.05) is 12.8 Å². The number of carbonyl (C=O) groups is 2. The molecule has 98 valence electrons. The van der Waals surface area contributed by atoms with E-state index >= 15 is 0 Å². The summed E-state index contributed by atoms with van der Waals surface area (Å²) in [6.45, 7) is 1.81. The Morgan fingerprint density at radius 3 is 2.67 bits per heavy atom. The lowest BCUT2D eigenvalue weighted by Gasteiger charge is -2.14. The topological polar surface area (TPSA) is 86.6 Å². The molecule has 0 aliphatic rings. The normalized spacial score (nSPS) is 11.8. The fraction of sp³-hybridized carbons (Fsp3) is 0.385. The molecule has 18 heavy (non-hydrogen) atoms. The van der Waals surface area contributed by atoms with Crippen molar-refractivity contribution in [1.82, 2.24) is 5.32 Å². The van der Waals surface area contributed by atoms with E-state index in [0.717, 1.165) is 5.56 Å². The van der Waals surface area contributed by atoms with Gasteiger partial charge in [-0.2, -0.15) is 0 Å². The second-order valence-corrected chi connectivity index (χ2v) is 4.13. The van der Waals surface area contributed by atoms with Crippen LogP contribution in [0.4, 0.5) is 0 Å². The minimum atomic E-state index is -0.899. The Bertz CT molecular complexity index is 431. The summed E-state index contributed by atoms with van der Waals surface area (Å²) >= 11 is 0. The molecule has 0 heterocycles. The zero-order valence-corrected chi connectivity index (χ0v) is 10.2. The minimum absolute atomic E-state index is 0.00603. The van der Waals surface area contributed by atoms with E-state index in [-0.39, 0.29) is 30.5 Å². The third-order valence-electron chi connectivity index (χ3n) is 2.54. The van der Waals surface area contributed by atoms with E-state index in [1.165, 1.54) is 0 Å². The number of aliphatic carboxylic acids is 1. The third kappa shape index (κ3) is 4.86. The second kappa shape index (κ2) is 6.64. The maximum Gasteiger partial charge on any atom is 0.303 e. The van der Waals surface area contributed by atoms with Gasteiger partial charge in [-0.15, -0.1) is 0 Å². The van der Waals surface area contributed by atoms with Gasteiger partial charge in [0.25, 0.3) is 0 Å². The van der Waals surface area contributed by atoms with Crippen LogP contribution in [-0.4, -0.2) is 22.1 Å². The fourth-order valence-corrected chi connectivity index (χ4v) is 1.59. The van der Waals surface area contributed by atoms with Crippen LogP contribution < -0.4 is 5.32 Å². The molecular weight excluding hydrogens is 234 g/mol. The summed E-state index contributed by atoms with van der Waals surface area (Å²) in [7, 11) is 0. The number of phenolic OH excluding ortho intramolecular Hbond substituents is 1. The SMILES string of the molecule is CC(NC(=O)CCCC(=O)O)c1cccc(O)c1. The number of hydrogen-bond donors (Lipinski definition) is 3. The van der Waals surface area contributed by atoms with Gasteiger partial charge in [-0.05, 0) is 31.0 Å². The summed E-state index contributed by atoms with van der Waals surface area (Å²) in [5.74, 6) is -0.935. The first-order valence-electron chi connectivity index (χ1n) is 5.79. The highest BCUT2D eigenvalue weighted by atomic mass is 16.4. The molecule has 1 unspecified atom stereocenters. The van der Waals surface area contributed by atoms with Crippen molar-refractivity contribution in [2.45, 2.75) is 32.2 Å². The Morgan fingerprint density at radius 2 is 2.06 bits per heavy atom. The van der Waals surface area contributed by atoms with E-state index in [1.807, 2.05) is 13.0 Å². The lowest BCUT2D eigenvalue weighted by molar-refractivity contribution is -0.137. The first-order valence-corrected chi connectivity index (χ1v) is 5.79. The number of hydrogen-bond acceptors (Lipinski definition) is 3. The number of carbonyl (C=O) groups excluding carboxylic acids is 1. The molecule has 0 saturated heterocycles. The van der Waals surface area contributed by atoms with Crippen LogP contribution in [0, 0.1) is 0 Å². The quantitative estimate of drug-likeness (QED) is 0.719. The molecule has 1 aromatic rings. The van der Waals surface area contributed by atoms with Gasteiger partial charge in [-0.3, -0.25) is 9.59 Å². The molecule has 3 N–H and O–H groups in total. The van der Waals surface area contributed by atoms with Gasteiger partial charge in [0.2, 0.25) is 5.91 Å². The standard InChI is InChI=1S/C13H17NO4/c1-9(10-4-2-5-11(15)8-10)14-12(16)6-3-7-13(17)18/h2,4-5,8-9,15H,3,6-7H2,1H3,(H,14,16)(H,17,18). The molecule has 5 nitrogen and oxygen atoms in total. The van der Waals surface area contributed by atoms with E-state index in [9.17, 15) is 14.7 Å². The van der Waals surface area contributed by atoms with Crippen molar-refractivity contribution in [2.75, 3.05) is 0 Å². The molecule has 1 rings (SSSR count). The van der Waals surface area contributed by atoms with Crippen LogP contribution in [0.3, 0.4) is 0 Å². The lowest BCUT2D eigenvalue weighted by atomic mass is 10.1. The van der Waals surface area contributed by atoms with Crippen molar-refractivity contribution in [3.63, 3.8) is 0 Å². The molecule has 0 spiro atoms. The van der Waals surface area contributed by atoms with Gasteiger partial charge < -0.3 is 15.5 Å². The van der Waals surface area contributed by atoms with Gasteiger partial charge in [0.15, 0.2) is 0 Å². The summed E-state index contributed by atoms with van der Waals surface area (Å²) in [6, 6.07) is 6.45. The molecule has 0 saturated carbocycles. The van der Waals surface area contributed by atoms with Crippen molar-refractivity contribution >= 4 is 11.9 Å². The highest BCUT2D eigenvalue weighted by Crippen LogP contribution is 2.17. The predicted octanol–water partition coefficient (Wildman–Crippen LogP) is 1.82. The number of amides is 1. The first-order chi connectivity index (χ1) is 8.49. The van der Waals surface area contributed by atoms with Gasteiger partial charge in [0.05, 0.1) is 6.04 Å². The maximum atomic E-state index is 11.5. The van der Waals surface area contributed by atoms with E-state index in [2.05, 4.69) is 5.32 Å². The smallest absolute Gasteiger partial charge is 0.303 e. The Kier molecular flexibility index (Phi) is 5.17. The second-order valence-electron chi connectivity index (χ2n) is 4.13. The van der Waals surface area contributed by atoms with Gasteiger partial charge in [-0.1, -0.05) is 12.1 Å². The molecular formula is C13H17NO4. The molecule has 1 atom stereocenters. The summed E-state index contributed by atoms with van der Waals surface area (Å²) in [4.78, 5) is 21.8. The zero-order valence-electron chi connectivity index (χ0n) is 10.2. The number of benzene rings is 1. The van der Waals surface area contributed by atoms with Crippen LogP contribution in [0.1, 0.15) is 37.8 Å². The Morgan fingerprint density at radius 1 is 1.33 bits per heavy atom. The molecule has 0 aliphatic carbocycles. The van der Waals surface area contributed by atoms with Crippen LogP contribution in [0.25, 0.3) is 0 Å². The summed E-state index contributed by atoms with van der Waals surface area (Å²) in [5, 5.41) is 20.5. The van der Waals surface area contributed by atoms with Gasteiger partial charge in [0.1, 0.15) is 5.75 Å². The van der Waals surface area contributed by atoms with Gasteiger partial charge >= 0.3 is 5.97 Å². The van der Waals surface area contributed by atoms with Crippen LogP contribution in [-0.2, 0) is 9.59 Å². The first kappa shape index (κ1) is 14.0. The average Bonchev–Trinajstić information content (AvgIpc) is 2.28. The molecule has 0 aromatic heterocycles. The highest BCUT2D eigenvalue weighted by Gasteiger charge is 2.10. The zero-order chi connectivity index (χ0) is 13.5. The minimum Gasteiger partial charge on any atom is -0.508 e. The molecule has 0 aliphatic heterocycles. The van der Waals surface area contributed by atoms with Crippen molar-refractivity contribution < 1.29 is 19.8 Å². The number of aromatic hydroxyl groups is 1. The number of rotatable bonds is 6. The number of phenols is 1. The maximum absolute atomic E-state index is 11.5. The van der Waals surface area contributed by atoms with E-state index in [0.29, 0.717) is 6.42 Å². The Labute approximate surface area is 105 Å². The predicted molar refractivity (Wildman–Crippen MR) is 66.2 cm³/mol. The molecule has 0 fully saturated rings. The van der Waals surface area contributed by atoms with E-state index in [4.69, 9.17) is 5.11 Å². The van der Waals surface area contributed by atoms with Crippen LogP contribution in [0.15, 0.2) is 24.3 Å². The Hall–Kier alpha value is -2.04. The third-order valence-corrected chi connectivity index (χ3v) is 2.54. The lowest BCUT2D eigenvalue weighted by Crippen LogP contribution is -2.26. The van der Waals surface area contributed by atoms with Crippen LogP contribution in [0.5, 0.6) is 5.75 Å². The summed E-state index contributed by atoms with van der Waals surface area (Å²) < 4.78 is 0. The highest BCUT2D eigenvalue weighted by molar-refractivity contribution is 5.77. The van der Waals surface area contributed by atoms with Crippen LogP contribution >= 0.6 is 0 Å². The molecule has 1 amide bonds. The average molecular weight is 251 g/mol.